The summed E-state index contributed by atoms with van der Waals surface area (Å²) in [5.41, 5.74) is 6.30. The lowest BCUT2D eigenvalue weighted by atomic mass is 10.2. The molecular weight excluding hydrogens is 232 g/mol. The quantitative estimate of drug-likeness (QED) is 0.851. The van der Waals surface area contributed by atoms with Crippen LogP contribution < -0.4 is 15.2 Å². The van der Waals surface area contributed by atoms with E-state index in [9.17, 15) is 0 Å². The Bertz CT molecular complexity index is 525. The van der Waals surface area contributed by atoms with Crippen molar-refractivity contribution < 1.29 is 9.47 Å². The van der Waals surface area contributed by atoms with Gasteiger partial charge in [0, 0.05) is 12.6 Å². The van der Waals surface area contributed by atoms with Crippen LogP contribution in [0.15, 0.2) is 24.5 Å². The van der Waals surface area contributed by atoms with Gasteiger partial charge in [0.05, 0.1) is 26.3 Å². The van der Waals surface area contributed by atoms with Gasteiger partial charge in [0.25, 0.3) is 0 Å². The summed E-state index contributed by atoms with van der Waals surface area (Å²) in [5.74, 6) is 2.03. The van der Waals surface area contributed by atoms with E-state index in [-0.39, 0.29) is 0 Å². The molecule has 0 amide bonds. The summed E-state index contributed by atoms with van der Waals surface area (Å²) in [6.45, 7) is 1.17. The Balaban J connectivity index is 2.36. The predicted octanol–water partition coefficient (Wildman–Crippen LogP) is 0.921. The van der Waals surface area contributed by atoms with Gasteiger partial charge in [0.15, 0.2) is 5.82 Å². The smallest absolute Gasteiger partial charge is 0.184 e. The highest BCUT2D eigenvalue weighted by Crippen LogP contribution is 2.30. The molecule has 0 bridgehead atoms. The minimum absolute atomic E-state index is 0.530. The van der Waals surface area contributed by atoms with Crippen molar-refractivity contribution in [2.24, 2.45) is 5.73 Å². The van der Waals surface area contributed by atoms with E-state index in [2.05, 4.69) is 10.1 Å². The van der Waals surface area contributed by atoms with Crippen LogP contribution in [0, 0.1) is 0 Å². The van der Waals surface area contributed by atoms with Crippen LogP contribution in [-0.4, -0.2) is 35.5 Å². The minimum atomic E-state index is 0.530. The summed E-state index contributed by atoms with van der Waals surface area (Å²) in [6, 6.07) is 5.53. The van der Waals surface area contributed by atoms with E-state index in [0.717, 1.165) is 11.3 Å². The number of methoxy groups -OCH3 is 2. The van der Waals surface area contributed by atoms with Crippen molar-refractivity contribution in [3.63, 3.8) is 0 Å². The average Bonchev–Trinajstić information content (AvgIpc) is 2.87. The van der Waals surface area contributed by atoms with Crippen molar-refractivity contribution >= 4 is 0 Å². The first kappa shape index (κ1) is 12.4. The Kier molecular flexibility index (Phi) is 3.78. The lowest BCUT2D eigenvalue weighted by Crippen LogP contribution is -2.10. The molecule has 0 spiro atoms. The number of aromatic nitrogens is 3. The monoisotopic (exact) mass is 248 g/mol. The first-order valence-electron chi connectivity index (χ1n) is 5.60. The topological polar surface area (TPSA) is 75.2 Å². The molecule has 0 saturated carbocycles. The van der Waals surface area contributed by atoms with Gasteiger partial charge in [-0.3, -0.25) is 4.68 Å². The van der Waals surface area contributed by atoms with Crippen LogP contribution in [0.4, 0.5) is 0 Å². The third-order valence-electron chi connectivity index (χ3n) is 2.54. The highest BCUT2D eigenvalue weighted by molar-refractivity contribution is 5.65. The highest BCUT2D eigenvalue weighted by Gasteiger charge is 2.11. The zero-order chi connectivity index (χ0) is 13.0. The lowest BCUT2D eigenvalue weighted by molar-refractivity contribution is 0.395. The second-order valence-corrected chi connectivity index (χ2v) is 3.69. The molecule has 0 fully saturated rings. The van der Waals surface area contributed by atoms with Gasteiger partial charge in [-0.15, -0.1) is 0 Å². The van der Waals surface area contributed by atoms with E-state index in [0.29, 0.717) is 24.7 Å². The largest absolute Gasteiger partial charge is 0.497 e. The molecule has 0 saturated heterocycles. The highest BCUT2D eigenvalue weighted by atomic mass is 16.5. The van der Waals surface area contributed by atoms with Gasteiger partial charge >= 0.3 is 0 Å². The molecular formula is C12H16N4O2. The third-order valence-corrected chi connectivity index (χ3v) is 2.54. The summed E-state index contributed by atoms with van der Waals surface area (Å²) >= 11 is 0. The van der Waals surface area contributed by atoms with Crippen LogP contribution in [0.25, 0.3) is 11.4 Å². The second kappa shape index (κ2) is 5.50. The summed E-state index contributed by atoms with van der Waals surface area (Å²) in [7, 11) is 3.22. The van der Waals surface area contributed by atoms with Gasteiger partial charge in [-0.05, 0) is 12.1 Å². The maximum atomic E-state index is 5.47. The summed E-state index contributed by atoms with van der Waals surface area (Å²) in [6.07, 6.45) is 1.66. The van der Waals surface area contributed by atoms with Crippen LogP contribution in [0.3, 0.4) is 0 Å². The van der Waals surface area contributed by atoms with E-state index in [1.807, 2.05) is 12.1 Å². The van der Waals surface area contributed by atoms with Crippen LogP contribution in [-0.2, 0) is 6.54 Å². The molecule has 0 aliphatic rings. The molecule has 6 nitrogen and oxygen atoms in total. The predicted molar refractivity (Wildman–Crippen MR) is 67.6 cm³/mol. The molecule has 1 heterocycles. The average molecular weight is 248 g/mol. The molecule has 18 heavy (non-hydrogen) atoms. The molecule has 0 unspecified atom stereocenters. The lowest BCUT2D eigenvalue weighted by Gasteiger charge is -2.07. The molecule has 1 aromatic heterocycles. The van der Waals surface area contributed by atoms with Crippen molar-refractivity contribution in [3.05, 3.63) is 24.5 Å². The molecule has 2 N–H and O–H groups in total. The van der Waals surface area contributed by atoms with Crippen LogP contribution >= 0.6 is 0 Å². The molecule has 6 heteroatoms. The minimum Gasteiger partial charge on any atom is -0.497 e. The Morgan fingerprint density at radius 1 is 1.28 bits per heavy atom. The Morgan fingerprint density at radius 2 is 2.11 bits per heavy atom. The fourth-order valence-electron chi connectivity index (χ4n) is 1.64. The van der Waals surface area contributed by atoms with Gasteiger partial charge in [0.2, 0.25) is 0 Å². The molecule has 0 aliphatic heterocycles. The molecule has 1 aromatic carbocycles. The molecule has 0 aliphatic carbocycles. The van der Waals surface area contributed by atoms with Crippen molar-refractivity contribution in [2.75, 3.05) is 20.8 Å². The van der Waals surface area contributed by atoms with Crippen LogP contribution in [0.2, 0.25) is 0 Å². The van der Waals surface area contributed by atoms with Crippen LogP contribution in [0.5, 0.6) is 11.5 Å². The maximum absolute atomic E-state index is 5.47. The first-order valence-corrected chi connectivity index (χ1v) is 5.60. The Morgan fingerprint density at radius 3 is 2.78 bits per heavy atom. The molecule has 96 valence electrons. The SMILES string of the molecule is COc1ccc(-c2ncn(CCN)n2)c(OC)c1. The zero-order valence-electron chi connectivity index (χ0n) is 10.5. The van der Waals surface area contributed by atoms with Crippen molar-refractivity contribution in [2.45, 2.75) is 6.54 Å². The third kappa shape index (κ3) is 2.43. The number of benzene rings is 1. The number of ether oxygens (including phenoxy) is 2. The van der Waals surface area contributed by atoms with Gasteiger partial charge in [-0.25, -0.2) is 4.98 Å². The first-order chi connectivity index (χ1) is 8.78. The fraction of sp³-hybridized carbons (Fsp3) is 0.333. The Labute approximate surface area is 105 Å². The van der Waals surface area contributed by atoms with Gasteiger partial charge in [-0.1, -0.05) is 0 Å². The molecule has 2 aromatic rings. The number of hydrogen-bond acceptors (Lipinski definition) is 5. The van der Waals surface area contributed by atoms with Gasteiger partial charge in [-0.2, -0.15) is 5.10 Å². The van der Waals surface area contributed by atoms with Gasteiger partial charge < -0.3 is 15.2 Å². The summed E-state index contributed by atoms with van der Waals surface area (Å²) < 4.78 is 12.2. The number of hydrogen-bond donors (Lipinski definition) is 1. The Hall–Kier alpha value is -2.08. The molecule has 0 atom stereocenters. The summed E-state index contributed by atoms with van der Waals surface area (Å²) in [5, 5.41) is 4.34. The molecule has 2 rings (SSSR count). The normalized spacial score (nSPS) is 10.4. The fourth-order valence-corrected chi connectivity index (χ4v) is 1.64. The standard InChI is InChI=1S/C12H16N4O2/c1-17-9-3-4-10(11(7-9)18-2)12-14-8-16(15-12)6-5-13/h3-4,7-8H,5-6,13H2,1-2H3. The van der Waals surface area contributed by atoms with E-state index < -0.39 is 0 Å². The summed E-state index contributed by atoms with van der Waals surface area (Å²) in [4.78, 5) is 4.24. The van der Waals surface area contributed by atoms with E-state index >= 15 is 0 Å². The van der Waals surface area contributed by atoms with E-state index in [4.69, 9.17) is 15.2 Å². The number of nitrogens with two attached hydrogens (primary N) is 1. The zero-order valence-corrected chi connectivity index (χ0v) is 10.5. The van der Waals surface area contributed by atoms with Crippen molar-refractivity contribution in [1.29, 1.82) is 0 Å². The van der Waals surface area contributed by atoms with E-state index in [1.54, 1.807) is 31.3 Å². The van der Waals surface area contributed by atoms with Crippen molar-refractivity contribution in [3.8, 4) is 22.9 Å². The van der Waals surface area contributed by atoms with Crippen molar-refractivity contribution in [1.82, 2.24) is 14.8 Å². The van der Waals surface area contributed by atoms with Gasteiger partial charge in [0.1, 0.15) is 17.8 Å². The van der Waals surface area contributed by atoms with Crippen LogP contribution in [0.1, 0.15) is 0 Å². The van der Waals surface area contributed by atoms with E-state index in [1.165, 1.54) is 0 Å². The number of nitrogens with zero attached hydrogens (tertiary/aromatic N) is 3. The molecule has 0 radical (unpaired) electrons. The second-order valence-electron chi connectivity index (χ2n) is 3.69. The number of rotatable bonds is 5. The maximum Gasteiger partial charge on any atom is 0.184 e.